The molecule has 10 nitrogen and oxygen atoms in total. The molecule has 0 bridgehead atoms. The van der Waals surface area contributed by atoms with Gasteiger partial charge in [0.25, 0.3) is 0 Å². The summed E-state index contributed by atoms with van der Waals surface area (Å²) in [6, 6.07) is 14.5. The molecule has 0 heterocycles. The van der Waals surface area contributed by atoms with Crippen molar-refractivity contribution in [2.45, 2.75) is 94.4 Å². The van der Waals surface area contributed by atoms with Crippen LogP contribution in [0.1, 0.15) is 99.1 Å². The molecule has 4 rings (SSSR count). The van der Waals surface area contributed by atoms with Gasteiger partial charge in [-0.25, -0.2) is 0 Å². The number of benzene rings is 2. The van der Waals surface area contributed by atoms with E-state index in [1.807, 2.05) is 30.3 Å². The van der Waals surface area contributed by atoms with E-state index < -0.39 is 32.1 Å². The molecule has 2 aromatic rings. The summed E-state index contributed by atoms with van der Waals surface area (Å²) in [5.74, 6) is 1.35. The predicted molar refractivity (Wildman–Crippen MR) is 158 cm³/mol. The Labute approximate surface area is 260 Å². The van der Waals surface area contributed by atoms with Crippen LogP contribution < -0.4 is 20.9 Å². The molecule has 0 amide bonds. The van der Waals surface area contributed by atoms with Crippen LogP contribution in [-0.4, -0.2) is 58.6 Å². The molecule has 2 aliphatic carbocycles. The molecule has 2 aliphatic rings. The summed E-state index contributed by atoms with van der Waals surface area (Å²) >= 11 is -1.44. The third kappa shape index (κ3) is 13.9. The number of rotatable bonds is 12. The number of hydrogen-bond acceptors (Lipinski definition) is 10. The molecular formula is C32H48MnN2O8. The van der Waals surface area contributed by atoms with Gasteiger partial charge in [0.2, 0.25) is 0 Å². The van der Waals surface area contributed by atoms with Gasteiger partial charge in [-0.1, -0.05) is 62.8 Å². The summed E-state index contributed by atoms with van der Waals surface area (Å²) in [7, 11) is 0. The number of aliphatic hydroxyl groups is 3. The maximum absolute atomic E-state index is 11.8. The van der Waals surface area contributed by atoms with Gasteiger partial charge >= 0.3 is 22.5 Å². The Morgan fingerprint density at radius 1 is 0.791 bits per heavy atom. The van der Waals surface area contributed by atoms with E-state index in [4.69, 9.17) is 28.6 Å². The van der Waals surface area contributed by atoms with Crippen molar-refractivity contribution in [3.8, 4) is 11.5 Å². The SMILES string of the molecule is NCCC(=O)c1cccc(OCC2(O)CCCCC2)c1.NCCC(O)c1cccc(OCC2(O)CCCCC2)c1.[O]=[Mn]=[O]. The van der Waals surface area contributed by atoms with Crippen LogP contribution in [0.4, 0.5) is 0 Å². The molecule has 2 fully saturated rings. The van der Waals surface area contributed by atoms with Gasteiger partial charge in [-0.3, -0.25) is 4.79 Å². The molecule has 2 aromatic carbocycles. The van der Waals surface area contributed by atoms with Crippen molar-refractivity contribution in [1.82, 2.24) is 0 Å². The molecule has 1 unspecified atom stereocenters. The average molecular weight is 644 g/mol. The van der Waals surface area contributed by atoms with Gasteiger partial charge in [-0.2, -0.15) is 0 Å². The summed E-state index contributed by atoms with van der Waals surface area (Å²) in [6.07, 6.45) is 10.1. The summed E-state index contributed by atoms with van der Waals surface area (Å²) in [4.78, 5) is 11.8. The normalized spacial score (nSPS) is 17.6. The van der Waals surface area contributed by atoms with E-state index in [-0.39, 0.29) is 5.78 Å². The van der Waals surface area contributed by atoms with Crippen LogP contribution in [0.5, 0.6) is 11.5 Å². The first kappa shape index (κ1) is 36.8. The Balaban J connectivity index is 0.000000275. The van der Waals surface area contributed by atoms with Crippen molar-refractivity contribution in [2.75, 3.05) is 26.3 Å². The Kier molecular flexibility index (Phi) is 17.0. The fourth-order valence-corrected chi connectivity index (χ4v) is 5.31. The number of Topliss-reactive ketones (excluding diaryl/α,β-unsaturated/α-hetero) is 1. The van der Waals surface area contributed by atoms with Gasteiger partial charge in [-0.15, -0.1) is 0 Å². The molecular weight excluding hydrogens is 595 g/mol. The quantitative estimate of drug-likeness (QED) is 0.166. The summed E-state index contributed by atoms with van der Waals surface area (Å²) in [5, 5.41) is 30.7. The monoisotopic (exact) mass is 643 g/mol. The molecule has 7 N–H and O–H groups in total. The van der Waals surface area contributed by atoms with Crippen LogP contribution in [0.25, 0.3) is 0 Å². The molecule has 241 valence electrons. The van der Waals surface area contributed by atoms with Crippen molar-refractivity contribution in [3.05, 3.63) is 59.7 Å². The van der Waals surface area contributed by atoms with E-state index in [0.717, 1.165) is 56.9 Å². The average Bonchev–Trinajstić information content (AvgIpc) is 3.01. The fraction of sp³-hybridized carbons (Fsp3) is 0.594. The number of carbonyl (C=O) groups excluding carboxylic acids is 1. The van der Waals surface area contributed by atoms with E-state index in [0.29, 0.717) is 56.2 Å². The van der Waals surface area contributed by atoms with Gasteiger partial charge in [0.15, 0.2) is 5.78 Å². The summed E-state index contributed by atoms with van der Waals surface area (Å²) in [5.41, 5.74) is 10.9. The van der Waals surface area contributed by atoms with Gasteiger partial charge in [0.05, 0.1) is 17.3 Å². The van der Waals surface area contributed by atoms with Gasteiger partial charge in [-0.05, 0) is 75.0 Å². The van der Waals surface area contributed by atoms with Gasteiger partial charge in [0, 0.05) is 12.0 Å². The third-order valence-electron chi connectivity index (χ3n) is 7.79. The number of carbonyl (C=O) groups is 1. The molecule has 11 heteroatoms. The summed E-state index contributed by atoms with van der Waals surface area (Å²) in [6.45, 7) is 1.42. The molecule has 0 aliphatic heterocycles. The number of ether oxygens (including phenoxy) is 2. The van der Waals surface area contributed by atoms with Crippen molar-refractivity contribution >= 4 is 5.78 Å². The molecule has 0 aromatic heterocycles. The number of hydrogen-bond donors (Lipinski definition) is 5. The van der Waals surface area contributed by atoms with Gasteiger partial charge in [0.1, 0.15) is 24.7 Å². The van der Waals surface area contributed by atoms with Crippen molar-refractivity contribution in [1.29, 1.82) is 0 Å². The minimum absolute atomic E-state index is 0.0225. The zero-order chi connectivity index (χ0) is 31.6. The van der Waals surface area contributed by atoms with E-state index in [1.165, 1.54) is 12.8 Å². The second-order valence-electron chi connectivity index (χ2n) is 11.4. The Bertz CT molecular complexity index is 1130. The van der Waals surface area contributed by atoms with E-state index in [2.05, 4.69) is 0 Å². The molecule has 2 saturated carbocycles. The molecule has 1 atom stereocenters. The topological polar surface area (TPSA) is 182 Å². The first-order valence-electron chi connectivity index (χ1n) is 15.1. The van der Waals surface area contributed by atoms with Crippen LogP contribution >= 0.6 is 0 Å². The molecule has 0 radical (unpaired) electrons. The van der Waals surface area contributed by atoms with E-state index in [9.17, 15) is 20.1 Å². The zero-order valence-corrected chi connectivity index (χ0v) is 26.1. The van der Waals surface area contributed by atoms with Crippen LogP contribution in [0.2, 0.25) is 0 Å². The zero-order valence-electron chi connectivity index (χ0n) is 24.9. The molecule has 0 spiro atoms. The van der Waals surface area contributed by atoms with Gasteiger partial charge < -0.3 is 36.3 Å². The van der Waals surface area contributed by atoms with Crippen LogP contribution in [-0.2, 0) is 22.5 Å². The van der Waals surface area contributed by atoms with Crippen molar-refractivity contribution in [3.63, 3.8) is 0 Å². The number of ketones is 1. The second kappa shape index (κ2) is 19.8. The second-order valence-corrected chi connectivity index (χ2v) is 11.6. The minimum atomic E-state index is -1.44. The third-order valence-corrected chi connectivity index (χ3v) is 7.79. The fourth-order valence-electron chi connectivity index (χ4n) is 5.31. The maximum atomic E-state index is 11.8. The van der Waals surface area contributed by atoms with Crippen LogP contribution in [0.3, 0.4) is 0 Å². The Hall–Kier alpha value is -2.37. The van der Waals surface area contributed by atoms with E-state index >= 15 is 0 Å². The predicted octanol–water partition coefficient (Wildman–Crippen LogP) is 4.19. The number of aliphatic hydroxyl groups excluding tert-OH is 1. The Morgan fingerprint density at radius 3 is 1.77 bits per heavy atom. The van der Waals surface area contributed by atoms with Crippen LogP contribution in [0, 0.1) is 0 Å². The van der Waals surface area contributed by atoms with E-state index in [1.54, 1.807) is 18.2 Å². The summed E-state index contributed by atoms with van der Waals surface area (Å²) < 4.78 is 28.2. The molecule has 43 heavy (non-hydrogen) atoms. The number of nitrogens with two attached hydrogens (primary N) is 2. The van der Waals surface area contributed by atoms with Crippen LogP contribution in [0.15, 0.2) is 48.5 Å². The molecule has 0 saturated heterocycles. The first-order chi connectivity index (χ1) is 20.7. The standard InChI is InChI=1S/C16H25NO3.C16H23NO3.Mn.2O/c2*17-10-7-15(18)13-5-4-6-14(11-13)20-12-16(19)8-2-1-3-9-16;;;/h4-6,11,15,18-19H,1-3,7-10,12,17H2;4-6,11,19H,1-3,7-10,12,17H2;;;. The van der Waals surface area contributed by atoms with Crippen molar-refractivity contribution < 1.29 is 52.1 Å². The van der Waals surface area contributed by atoms with Crippen molar-refractivity contribution in [2.24, 2.45) is 11.5 Å². The first-order valence-corrected chi connectivity index (χ1v) is 16.0. The Morgan fingerprint density at radius 2 is 1.28 bits per heavy atom.